The van der Waals surface area contributed by atoms with Gasteiger partial charge in [-0.15, -0.1) is 0 Å². The predicted octanol–water partition coefficient (Wildman–Crippen LogP) is -1.87. The van der Waals surface area contributed by atoms with Crippen molar-refractivity contribution in [2.45, 2.75) is 86.9 Å². The fraction of sp³-hybridized carbons (Fsp3) is 0.850. The van der Waals surface area contributed by atoms with Crippen molar-refractivity contribution in [1.29, 1.82) is 0 Å². The van der Waals surface area contributed by atoms with Crippen LogP contribution in [-0.2, 0) is 14.3 Å². The van der Waals surface area contributed by atoms with Crippen molar-refractivity contribution in [2.24, 2.45) is 11.3 Å². The first-order valence-electron chi connectivity index (χ1n) is 10.1. The quantitative estimate of drug-likeness (QED) is 0.214. The average Bonchev–Trinajstić information content (AvgIpc) is 3.27. The fourth-order valence-electron chi connectivity index (χ4n) is 6.92. The van der Waals surface area contributed by atoms with Gasteiger partial charge in [-0.05, 0) is 44.6 Å². The number of epoxide rings is 1. The first-order valence-corrected chi connectivity index (χ1v) is 10.1. The zero-order valence-electron chi connectivity index (χ0n) is 16.6. The molecule has 0 aromatic rings. The van der Waals surface area contributed by atoms with Crippen LogP contribution in [0.2, 0.25) is 0 Å². The largest absolute Gasteiger partial charge is 0.458 e. The molecule has 0 unspecified atom stereocenters. The van der Waals surface area contributed by atoms with E-state index < -0.39 is 52.2 Å². The normalized spacial score (nSPS) is 56.2. The molecule has 3 aliphatic carbocycles. The molecule has 3 fully saturated rings. The zero-order chi connectivity index (χ0) is 21.4. The van der Waals surface area contributed by atoms with Crippen LogP contribution in [0.5, 0.6) is 0 Å². The number of aliphatic hydroxyl groups excluding tert-OH is 3. The van der Waals surface area contributed by atoms with E-state index in [0.717, 1.165) is 5.57 Å². The van der Waals surface area contributed by atoms with Crippen molar-refractivity contribution in [2.75, 3.05) is 6.61 Å². The van der Waals surface area contributed by atoms with E-state index in [2.05, 4.69) is 0 Å². The van der Waals surface area contributed by atoms with E-state index in [9.17, 15) is 35.4 Å². The number of carbonyl (C=O) groups excluding carboxylic acids is 1. The second-order valence-corrected chi connectivity index (χ2v) is 10.1. The Hall–Kier alpha value is -1.07. The number of aliphatic hydroxyl groups is 6. The Morgan fingerprint density at radius 2 is 1.79 bits per heavy atom. The second kappa shape index (κ2) is 5.21. The van der Waals surface area contributed by atoms with Crippen LogP contribution < -0.4 is 0 Å². The number of hydrogen-bond donors (Lipinski definition) is 6. The van der Waals surface area contributed by atoms with Gasteiger partial charge in [0.1, 0.15) is 36.1 Å². The monoisotopic (exact) mass is 412 g/mol. The lowest BCUT2D eigenvalue weighted by Crippen LogP contribution is -2.87. The lowest BCUT2D eigenvalue weighted by atomic mass is 9.42. The minimum absolute atomic E-state index is 0.110. The summed E-state index contributed by atoms with van der Waals surface area (Å²) in [6, 6.07) is 0. The highest BCUT2D eigenvalue weighted by molar-refractivity contribution is 5.92. The maximum absolute atomic E-state index is 12.0. The number of rotatable bonds is 1. The van der Waals surface area contributed by atoms with Gasteiger partial charge in [-0.3, -0.25) is 0 Å². The number of fused-ring (bicyclic) bond motifs is 3. The van der Waals surface area contributed by atoms with Gasteiger partial charge in [-0.1, -0.05) is 6.92 Å². The molecule has 29 heavy (non-hydrogen) atoms. The smallest absolute Gasteiger partial charge is 0.334 e. The molecule has 5 aliphatic rings. The van der Waals surface area contributed by atoms with Gasteiger partial charge in [0.05, 0.1) is 11.7 Å². The van der Waals surface area contributed by atoms with Gasteiger partial charge in [0.25, 0.3) is 0 Å². The summed E-state index contributed by atoms with van der Waals surface area (Å²) in [6.07, 6.45) is -5.52. The van der Waals surface area contributed by atoms with Crippen LogP contribution >= 0.6 is 0 Å². The van der Waals surface area contributed by atoms with Crippen LogP contribution in [0.1, 0.15) is 40.0 Å². The average molecular weight is 412 g/mol. The molecule has 5 rings (SSSR count). The molecule has 9 heteroatoms. The van der Waals surface area contributed by atoms with Gasteiger partial charge in [-0.25, -0.2) is 4.79 Å². The highest BCUT2D eigenvalue weighted by Gasteiger charge is 2.90. The Bertz CT molecular complexity index is 832. The lowest BCUT2D eigenvalue weighted by molar-refractivity contribution is -0.355. The number of cyclic esters (lactones) is 1. The molecule has 162 valence electrons. The molecule has 2 saturated carbocycles. The minimum atomic E-state index is -2.53. The molecular weight excluding hydrogens is 384 g/mol. The van der Waals surface area contributed by atoms with Crippen LogP contribution in [-0.4, -0.2) is 90.0 Å². The van der Waals surface area contributed by atoms with E-state index in [-0.39, 0.29) is 18.5 Å². The molecule has 2 aliphatic heterocycles. The third kappa shape index (κ3) is 1.82. The summed E-state index contributed by atoms with van der Waals surface area (Å²) in [7, 11) is 0. The molecule has 1 spiro atoms. The van der Waals surface area contributed by atoms with E-state index in [1.807, 2.05) is 0 Å². The van der Waals surface area contributed by atoms with Crippen LogP contribution in [0.15, 0.2) is 11.1 Å². The zero-order valence-corrected chi connectivity index (χ0v) is 16.6. The van der Waals surface area contributed by atoms with Gasteiger partial charge in [0.2, 0.25) is 0 Å². The topological polar surface area (TPSA) is 160 Å². The molecule has 0 amide bonds. The molecule has 6 N–H and O–H groups in total. The predicted molar refractivity (Wildman–Crippen MR) is 95.3 cm³/mol. The summed E-state index contributed by atoms with van der Waals surface area (Å²) in [5, 5.41) is 66.9. The molecule has 2 heterocycles. The van der Waals surface area contributed by atoms with Crippen LogP contribution in [0.4, 0.5) is 0 Å². The van der Waals surface area contributed by atoms with Crippen molar-refractivity contribution in [3.8, 4) is 0 Å². The van der Waals surface area contributed by atoms with Crippen LogP contribution in [0, 0.1) is 11.3 Å². The van der Waals surface area contributed by atoms with Gasteiger partial charge >= 0.3 is 5.97 Å². The van der Waals surface area contributed by atoms with E-state index in [1.165, 1.54) is 13.8 Å². The number of esters is 1. The summed E-state index contributed by atoms with van der Waals surface area (Å²) in [6.45, 7) is 4.30. The SMILES string of the molecule is CC(C)(O)[C@]1(O)[C@H](O)[C@H](O)[C@]2(O)[C@]3(O[C@H]3C[C@H]3C4=C(CC[C@@]32C)C(=O)OC4)[C@@H]1O. The van der Waals surface area contributed by atoms with E-state index in [4.69, 9.17) is 9.47 Å². The standard InChI is InChI=1S/C20H28O9/c1-16(2,25)18(26)12(21)13(22)20(27)17(3)5-4-8-9(7-28-14(8)23)10(17)6-11-19(20,29-11)15(18)24/h10-13,15,21-22,24-27H,4-7H2,1-3H3/t10-,11-,12+,13-,15+,17-,18-,19+,20+/m0/s1. The van der Waals surface area contributed by atoms with Crippen molar-refractivity contribution >= 4 is 5.97 Å². The summed E-state index contributed by atoms with van der Waals surface area (Å²) < 4.78 is 11.0. The Morgan fingerprint density at radius 3 is 2.41 bits per heavy atom. The highest BCUT2D eigenvalue weighted by atomic mass is 16.6. The first kappa shape index (κ1) is 19.9. The van der Waals surface area contributed by atoms with E-state index in [0.29, 0.717) is 24.8 Å². The molecule has 9 atom stereocenters. The fourth-order valence-corrected chi connectivity index (χ4v) is 6.92. The van der Waals surface area contributed by atoms with Gasteiger partial charge in [0.15, 0.2) is 5.60 Å². The van der Waals surface area contributed by atoms with Crippen LogP contribution in [0.25, 0.3) is 0 Å². The van der Waals surface area contributed by atoms with Crippen molar-refractivity contribution in [3.63, 3.8) is 0 Å². The number of carbonyl (C=O) groups is 1. The second-order valence-electron chi connectivity index (χ2n) is 10.1. The maximum Gasteiger partial charge on any atom is 0.334 e. The molecule has 0 radical (unpaired) electrons. The Labute approximate surface area is 167 Å². The number of ether oxygens (including phenoxy) is 2. The minimum Gasteiger partial charge on any atom is -0.458 e. The highest BCUT2D eigenvalue weighted by Crippen LogP contribution is 2.72. The molecule has 1 saturated heterocycles. The summed E-state index contributed by atoms with van der Waals surface area (Å²) in [4.78, 5) is 12.0. The summed E-state index contributed by atoms with van der Waals surface area (Å²) >= 11 is 0. The Balaban J connectivity index is 1.68. The van der Waals surface area contributed by atoms with E-state index in [1.54, 1.807) is 6.92 Å². The number of hydrogen-bond acceptors (Lipinski definition) is 9. The molecular formula is C20H28O9. The summed E-state index contributed by atoms with van der Waals surface area (Å²) in [5.74, 6) is -0.728. The molecule has 0 aromatic heterocycles. The Morgan fingerprint density at radius 1 is 1.14 bits per heavy atom. The van der Waals surface area contributed by atoms with Gasteiger partial charge in [-0.2, -0.15) is 0 Å². The van der Waals surface area contributed by atoms with Gasteiger partial charge < -0.3 is 40.1 Å². The Kier molecular flexibility index (Phi) is 3.57. The van der Waals surface area contributed by atoms with E-state index >= 15 is 0 Å². The summed E-state index contributed by atoms with van der Waals surface area (Å²) in [5.41, 5.74) is -8.09. The third-order valence-electron chi connectivity index (χ3n) is 8.73. The maximum atomic E-state index is 12.0. The lowest BCUT2D eigenvalue weighted by Gasteiger charge is -2.65. The molecule has 0 bridgehead atoms. The van der Waals surface area contributed by atoms with Gasteiger partial charge in [0, 0.05) is 11.0 Å². The van der Waals surface area contributed by atoms with Crippen molar-refractivity contribution in [3.05, 3.63) is 11.1 Å². The van der Waals surface area contributed by atoms with Crippen molar-refractivity contribution < 1.29 is 44.9 Å². The molecule has 9 nitrogen and oxygen atoms in total. The van der Waals surface area contributed by atoms with Crippen molar-refractivity contribution in [1.82, 2.24) is 0 Å². The third-order valence-corrected chi connectivity index (χ3v) is 8.73. The van der Waals surface area contributed by atoms with Crippen LogP contribution in [0.3, 0.4) is 0 Å². The molecule has 0 aromatic carbocycles. The first-order chi connectivity index (χ1) is 13.3.